The summed E-state index contributed by atoms with van der Waals surface area (Å²) in [5, 5.41) is 0.777. The third-order valence-electron chi connectivity index (χ3n) is 5.54. The lowest BCUT2D eigenvalue weighted by molar-refractivity contribution is -0.128. The zero-order valence-electron chi connectivity index (χ0n) is 17.1. The average molecular weight is 378 g/mol. The van der Waals surface area contributed by atoms with E-state index >= 15 is 0 Å². The number of para-hydroxylation sites is 1. The first-order chi connectivity index (χ1) is 13.3. The van der Waals surface area contributed by atoms with Crippen LogP contribution in [0.15, 0.2) is 54.7 Å². The summed E-state index contributed by atoms with van der Waals surface area (Å²) in [6, 6.07) is 15.2. The van der Waals surface area contributed by atoms with Crippen LogP contribution in [0.1, 0.15) is 43.9 Å². The molecule has 2 aromatic carbocycles. The number of carbonyl (C=O) groups excluding carboxylic acids is 1. The quantitative estimate of drug-likeness (QED) is 0.499. The molecule has 0 radical (unpaired) electrons. The van der Waals surface area contributed by atoms with Crippen molar-refractivity contribution in [1.29, 1.82) is 0 Å². The van der Waals surface area contributed by atoms with Crippen molar-refractivity contribution in [2.24, 2.45) is 11.3 Å². The number of hydrogen-bond donors (Lipinski definition) is 0. The van der Waals surface area contributed by atoms with E-state index in [9.17, 15) is 9.18 Å². The number of carbonyl (C=O) groups is 1. The summed E-state index contributed by atoms with van der Waals surface area (Å²) in [6.07, 6.45) is 3.53. The van der Waals surface area contributed by atoms with E-state index in [4.69, 9.17) is 0 Å². The van der Waals surface area contributed by atoms with Gasteiger partial charge in [0.1, 0.15) is 17.1 Å². The second kappa shape index (κ2) is 8.22. The van der Waals surface area contributed by atoms with Crippen molar-refractivity contribution in [2.45, 2.75) is 47.0 Å². The van der Waals surface area contributed by atoms with Crippen LogP contribution in [0.2, 0.25) is 0 Å². The highest BCUT2D eigenvalue weighted by Crippen LogP contribution is 2.34. The monoisotopic (exact) mass is 377 g/mol. The van der Waals surface area contributed by atoms with Crippen LogP contribution in [-0.4, -0.2) is 10.8 Å². The number of halogens is 1. The Kier molecular flexibility index (Phi) is 5.93. The maximum absolute atomic E-state index is 14.0. The zero-order chi connectivity index (χ0) is 20.3. The Morgan fingerprint density at radius 1 is 1.11 bits per heavy atom. The van der Waals surface area contributed by atoms with Crippen LogP contribution < -0.4 is 0 Å². The molecule has 3 heteroatoms. The standard InChI is InChI=1S/C25H28FNO/c1-17(2)14-25(4,15-19-9-6-5-7-10-19)23(28)13-20-16-27-24-21(18(20)3)11-8-12-22(24)26/h5-12,16-17H,13-15H2,1-4H3. The maximum atomic E-state index is 14.0. The third-order valence-corrected chi connectivity index (χ3v) is 5.54. The molecule has 0 aliphatic carbocycles. The van der Waals surface area contributed by atoms with Crippen molar-refractivity contribution in [3.05, 3.63) is 77.2 Å². The fourth-order valence-electron chi connectivity index (χ4n) is 4.16. The van der Waals surface area contributed by atoms with E-state index < -0.39 is 5.41 Å². The lowest BCUT2D eigenvalue weighted by atomic mass is 9.72. The molecule has 3 rings (SSSR count). The normalized spacial score (nSPS) is 13.6. The predicted octanol–water partition coefficient (Wildman–Crippen LogP) is 6.09. The molecular weight excluding hydrogens is 349 g/mol. The number of nitrogens with zero attached hydrogens (tertiary/aromatic N) is 1. The van der Waals surface area contributed by atoms with Crippen molar-refractivity contribution < 1.29 is 9.18 Å². The molecule has 2 nitrogen and oxygen atoms in total. The van der Waals surface area contributed by atoms with Gasteiger partial charge in [0.05, 0.1) is 0 Å². The first-order valence-corrected chi connectivity index (χ1v) is 9.90. The molecule has 1 unspecified atom stereocenters. The van der Waals surface area contributed by atoms with Gasteiger partial charge in [-0.2, -0.15) is 0 Å². The minimum Gasteiger partial charge on any atom is -0.299 e. The average Bonchev–Trinajstić information content (AvgIpc) is 2.64. The molecule has 0 spiro atoms. The van der Waals surface area contributed by atoms with E-state index in [1.54, 1.807) is 12.3 Å². The highest BCUT2D eigenvalue weighted by atomic mass is 19.1. The van der Waals surface area contributed by atoms with E-state index in [-0.39, 0.29) is 11.6 Å². The van der Waals surface area contributed by atoms with Crippen LogP contribution in [0.3, 0.4) is 0 Å². The molecular formula is C25H28FNO. The highest BCUT2D eigenvalue weighted by Gasteiger charge is 2.34. The molecule has 1 atom stereocenters. The molecule has 0 bridgehead atoms. The van der Waals surface area contributed by atoms with Crippen LogP contribution >= 0.6 is 0 Å². The number of benzene rings is 2. The Morgan fingerprint density at radius 2 is 1.82 bits per heavy atom. The van der Waals surface area contributed by atoms with Crippen molar-refractivity contribution in [2.75, 3.05) is 0 Å². The van der Waals surface area contributed by atoms with Gasteiger partial charge in [0.15, 0.2) is 0 Å². The molecule has 0 aliphatic heterocycles. The van der Waals surface area contributed by atoms with Gasteiger partial charge in [-0.05, 0) is 48.4 Å². The molecule has 1 heterocycles. The Balaban J connectivity index is 1.91. The fourth-order valence-corrected chi connectivity index (χ4v) is 4.16. The minimum atomic E-state index is -0.446. The van der Waals surface area contributed by atoms with Crippen LogP contribution in [-0.2, 0) is 17.6 Å². The first kappa shape index (κ1) is 20.2. The van der Waals surface area contributed by atoms with Crippen LogP contribution in [0.25, 0.3) is 10.9 Å². The molecule has 0 aliphatic rings. The Labute approximate surface area is 166 Å². The fraction of sp³-hybridized carbons (Fsp3) is 0.360. The number of rotatable bonds is 7. The molecule has 0 saturated heterocycles. The zero-order valence-corrected chi connectivity index (χ0v) is 17.1. The minimum absolute atomic E-state index is 0.214. The Hall–Kier alpha value is -2.55. The molecule has 0 amide bonds. The summed E-state index contributed by atoms with van der Waals surface area (Å²) in [7, 11) is 0. The topological polar surface area (TPSA) is 30.0 Å². The van der Waals surface area contributed by atoms with Crippen molar-refractivity contribution in [3.8, 4) is 0 Å². The van der Waals surface area contributed by atoms with Gasteiger partial charge in [-0.15, -0.1) is 0 Å². The van der Waals surface area contributed by atoms with E-state index in [0.29, 0.717) is 17.9 Å². The molecule has 0 fully saturated rings. The molecule has 0 saturated carbocycles. The van der Waals surface area contributed by atoms with Crippen molar-refractivity contribution in [1.82, 2.24) is 4.98 Å². The summed E-state index contributed by atoms with van der Waals surface area (Å²) >= 11 is 0. The third kappa shape index (κ3) is 4.30. The number of fused-ring (bicyclic) bond motifs is 1. The van der Waals surface area contributed by atoms with Crippen LogP contribution in [0.5, 0.6) is 0 Å². The van der Waals surface area contributed by atoms with Gasteiger partial charge >= 0.3 is 0 Å². The van der Waals surface area contributed by atoms with Gasteiger partial charge in [-0.25, -0.2) is 4.39 Å². The molecule has 3 aromatic rings. The summed E-state index contributed by atoms with van der Waals surface area (Å²) in [5.41, 5.74) is 2.91. The predicted molar refractivity (Wildman–Crippen MR) is 113 cm³/mol. The highest BCUT2D eigenvalue weighted by molar-refractivity contribution is 5.89. The second-order valence-corrected chi connectivity index (χ2v) is 8.47. The van der Waals surface area contributed by atoms with Gasteiger partial charge in [0.2, 0.25) is 0 Å². The van der Waals surface area contributed by atoms with Gasteiger partial charge in [0.25, 0.3) is 0 Å². The maximum Gasteiger partial charge on any atom is 0.149 e. The Bertz CT molecular complexity index is 981. The van der Waals surface area contributed by atoms with Gasteiger partial charge in [-0.3, -0.25) is 9.78 Å². The van der Waals surface area contributed by atoms with E-state index in [0.717, 1.165) is 29.4 Å². The lowest BCUT2D eigenvalue weighted by Crippen LogP contribution is -2.33. The molecule has 0 N–H and O–H groups in total. The summed E-state index contributed by atoms with van der Waals surface area (Å²) < 4.78 is 14.0. The lowest BCUT2D eigenvalue weighted by Gasteiger charge is -2.30. The Morgan fingerprint density at radius 3 is 2.50 bits per heavy atom. The van der Waals surface area contributed by atoms with E-state index in [1.165, 1.54) is 11.6 Å². The largest absolute Gasteiger partial charge is 0.299 e. The second-order valence-electron chi connectivity index (χ2n) is 8.47. The number of aryl methyl sites for hydroxylation is 1. The SMILES string of the molecule is Cc1c(CC(=O)C(C)(Cc2ccccc2)CC(C)C)cnc2c(F)cccc12. The molecule has 28 heavy (non-hydrogen) atoms. The van der Waals surface area contributed by atoms with E-state index in [2.05, 4.69) is 37.9 Å². The van der Waals surface area contributed by atoms with Crippen LogP contribution in [0, 0.1) is 24.1 Å². The smallest absolute Gasteiger partial charge is 0.149 e. The number of aromatic nitrogens is 1. The van der Waals surface area contributed by atoms with Crippen molar-refractivity contribution >= 4 is 16.7 Å². The van der Waals surface area contributed by atoms with Crippen molar-refractivity contribution in [3.63, 3.8) is 0 Å². The van der Waals surface area contributed by atoms with Crippen LogP contribution in [0.4, 0.5) is 4.39 Å². The summed E-state index contributed by atoms with van der Waals surface area (Å²) in [6.45, 7) is 8.33. The van der Waals surface area contributed by atoms with Gasteiger partial charge in [-0.1, -0.05) is 63.2 Å². The number of ketones is 1. The number of Topliss-reactive ketones (excluding diaryl/α,β-unsaturated/α-hetero) is 1. The summed E-state index contributed by atoms with van der Waals surface area (Å²) in [4.78, 5) is 17.7. The number of hydrogen-bond acceptors (Lipinski definition) is 2. The molecule has 146 valence electrons. The van der Waals surface area contributed by atoms with E-state index in [1.807, 2.05) is 31.2 Å². The van der Waals surface area contributed by atoms with Gasteiger partial charge in [0, 0.05) is 23.4 Å². The summed E-state index contributed by atoms with van der Waals surface area (Å²) in [5.74, 6) is 0.306. The first-order valence-electron chi connectivity index (χ1n) is 9.90. The number of pyridine rings is 1. The van der Waals surface area contributed by atoms with Gasteiger partial charge < -0.3 is 0 Å². The molecule has 1 aromatic heterocycles.